The molecular weight excluding hydrogens is 275 g/mol. The van der Waals surface area contributed by atoms with Gasteiger partial charge in [0.2, 0.25) is 0 Å². The highest BCUT2D eigenvalue weighted by Gasteiger charge is 2.05. The molecule has 106 valence electrons. The van der Waals surface area contributed by atoms with Crippen LogP contribution in [0.5, 0.6) is 0 Å². The van der Waals surface area contributed by atoms with E-state index in [9.17, 15) is 4.39 Å². The summed E-state index contributed by atoms with van der Waals surface area (Å²) < 4.78 is 13.4. The van der Waals surface area contributed by atoms with Gasteiger partial charge in [0.15, 0.2) is 0 Å². The fourth-order valence-corrected chi connectivity index (χ4v) is 2.28. The monoisotopic (exact) mass is 292 g/mol. The summed E-state index contributed by atoms with van der Waals surface area (Å²) in [5.74, 6) is -0.239. The van der Waals surface area contributed by atoms with Crippen LogP contribution >= 0.6 is 11.6 Å². The second-order valence-electron chi connectivity index (χ2n) is 4.93. The van der Waals surface area contributed by atoms with Gasteiger partial charge in [-0.15, -0.1) is 0 Å². The molecule has 0 atom stereocenters. The van der Waals surface area contributed by atoms with Crippen molar-refractivity contribution in [1.29, 1.82) is 0 Å². The highest BCUT2D eigenvalue weighted by molar-refractivity contribution is 6.30. The van der Waals surface area contributed by atoms with E-state index in [0.717, 1.165) is 23.7 Å². The molecule has 2 nitrogen and oxygen atoms in total. The first-order valence-corrected chi connectivity index (χ1v) is 6.86. The average molecular weight is 293 g/mol. The van der Waals surface area contributed by atoms with E-state index in [1.54, 1.807) is 6.07 Å². The van der Waals surface area contributed by atoms with Crippen LogP contribution in [0.25, 0.3) is 0 Å². The van der Waals surface area contributed by atoms with Crippen molar-refractivity contribution >= 4 is 11.6 Å². The van der Waals surface area contributed by atoms with Gasteiger partial charge in [-0.3, -0.25) is 4.90 Å². The van der Waals surface area contributed by atoms with Crippen LogP contribution in [-0.2, 0) is 19.6 Å². The molecule has 2 aromatic rings. The number of rotatable bonds is 5. The van der Waals surface area contributed by atoms with Crippen molar-refractivity contribution in [2.45, 2.75) is 19.6 Å². The van der Waals surface area contributed by atoms with Crippen molar-refractivity contribution in [3.05, 3.63) is 70.0 Å². The summed E-state index contributed by atoms with van der Waals surface area (Å²) in [6, 6.07) is 12.9. The summed E-state index contributed by atoms with van der Waals surface area (Å²) in [4.78, 5) is 2.16. The molecule has 2 rings (SSSR count). The molecule has 2 N–H and O–H groups in total. The number of nitrogens with two attached hydrogens (primary N) is 1. The molecule has 0 aliphatic carbocycles. The molecule has 0 aliphatic heterocycles. The number of hydrogen-bond acceptors (Lipinski definition) is 2. The Morgan fingerprint density at radius 3 is 2.30 bits per heavy atom. The maximum atomic E-state index is 13.4. The van der Waals surface area contributed by atoms with E-state index in [2.05, 4.69) is 4.90 Å². The molecule has 20 heavy (non-hydrogen) atoms. The van der Waals surface area contributed by atoms with Gasteiger partial charge in [0, 0.05) is 30.2 Å². The lowest BCUT2D eigenvalue weighted by atomic mass is 10.1. The van der Waals surface area contributed by atoms with Gasteiger partial charge in [0.25, 0.3) is 0 Å². The smallest absolute Gasteiger partial charge is 0.127 e. The minimum absolute atomic E-state index is 0.223. The highest BCUT2D eigenvalue weighted by Crippen LogP contribution is 2.14. The lowest BCUT2D eigenvalue weighted by molar-refractivity contribution is 0.319. The van der Waals surface area contributed by atoms with Gasteiger partial charge >= 0.3 is 0 Å². The summed E-state index contributed by atoms with van der Waals surface area (Å²) in [5.41, 5.74) is 8.33. The average Bonchev–Trinajstić information content (AvgIpc) is 2.43. The maximum Gasteiger partial charge on any atom is 0.127 e. The molecule has 0 bridgehead atoms. The second kappa shape index (κ2) is 6.84. The van der Waals surface area contributed by atoms with E-state index in [-0.39, 0.29) is 12.4 Å². The first kappa shape index (κ1) is 15.0. The van der Waals surface area contributed by atoms with Crippen LogP contribution in [0, 0.1) is 5.82 Å². The zero-order chi connectivity index (χ0) is 14.5. The quantitative estimate of drug-likeness (QED) is 0.913. The molecule has 0 amide bonds. The van der Waals surface area contributed by atoms with Crippen molar-refractivity contribution in [1.82, 2.24) is 4.90 Å². The number of benzene rings is 2. The van der Waals surface area contributed by atoms with Gasteiger partial charge in [-0.2, -0.15) is 0 Å². The third-order valence-electron chi connectivity index (χ3n) is 3.15. The van der Waals surface area contributed by atoms with Crippen LogP contribution in [0.15, 0.2) is 42.5 Å². The summed E-state index contributed by atoms with van der Waals surface area (Å²) in [6.45, 7) is 1.78. The number of halogens is 2. The van der Waals surface area contributed by atoms with E-state index in [4.69, 9.17) is 17.3 Å². The molecule has 2 aromatic carbocycles. The predicted molar refractivity (Wildman–Crippen MR) is 80.9 cm³/mol. The largest absolute Gasteiger partial charge is 0.326 e. The van der Waals surface area contributed by atoms with Gasteiger partial charge < -0.3 is 5.73 Å². The van der Waals surface area contributed by atoms with Crippen molar-refractivity contribution in [3.8, 4) is 0 Å². The Kier molecular flexibility index (Phi) is 5.12. The molecule has 0 aliphatic rings. The van der Waals surface area contributed by atoms with E-state index in [1.165, 1.54) is 11.6 Å². The molecule has 0 fully saturated rings. The maximum absolute atomic E-state index is 13.4. The molecule has 0 saturated carbocycles. The molecule has 0 unspecified atom stereocenters. The van der Waals surface area contributed by atoms with Gasteiger partial charge in [-0.1, -0.05) is 35.9 Å². The summed E-state index contributed by atoms with van der Waals surface area (Å²) in [6.07, 6.45) is 0. The SMILES string of the molecule is CN(Cc1ccc(Cl)cc1)Cc1ccc(F)c(CN)c1. The van der Waals surface area contributed by atoms with Gasteiger partial charge in [0.1, 0.15) is 5.82 Å². The van der Waals surface area contributed by atoms with E-state index < -0.39 is 0 Å². The van der Waals surface area contributed by atoms with Gasteiger partial charge in [0.05, 0.1) is 0 Å². The van der Waals surface area contributed by atoms with Crippen LogP contribution in [0.2, 0.25) is 5.02 Å². The normalized spacial score (nSPS) is 11.1. The number of hydrogen-bond donors (Lipinski definition) is 1. The molecule has 0 radical (unpaired) electrons. The Labute approximate surface area is 124 Å². The molecule has 0 aromatic heterocycles. The Hall–Kier alpha value is -1.42. The Morgan fingerprint density at radius 1 is 1.05 bits per heavy atom. The molecule has 4 heteroatoms. The van der Waals surface area contributed by atoms with Crippen LogP contribution < -0.4 is 5.73 Å². The van der Waals surface area contributed by atoms with Crippen LogP contribution in [0.1, 0.15) is 16.7 Å². The third-order valence-corrected chi connectivity index (χ3v) is 3.40. The first-order valence-electron chi connectivity index (χ1n) is 6.49. The molecule has 0 spiro atoms. The predicted octanol–water partition coefficient (Wildman–Crippen LogP) is 3.57. The topological polar surface area (TPSA) is 29.3 Å². The Morgan fingerprint density at radius 2 is 1.65 bits per heavy atom. The van der Waals surface area contributed by atoms with Crippen molar-refractivity contribution in [3.63, 3.8) is 0 Å². The van der Waals surface area contributed by atoms with Crippen molar-refractivity contribution in [2.24, 2.45) is 5.73 Å². The summed E-state index contributed by atoms with van der Waals surface area (Å²) in [5, 5.41) is 0.738. The zero-order valence-corrected chi connectivity index (χ0v) is 12.2. The van der Waals surface area contributed by atoms with Crippen molar-refractivity contribution in [2.75, 3.05) is 7.05 Å². The van der Waals surface area contributed by atoms with Crippen LogP contribution in [0.4, 0.5) is 4.39 Å². The standard InChI is InChI=1S/C16H18ClFN2/c1-20(10-12-2-5-15(17)6-3-12)11-13-4-7-16(18)14(8-13)9-19/h2-8H,9-11,19H2,1H3. The minimum atomic E-state index is -0.239. The molecular formula is C16H18ClFN2. The van der Waals surface area contributed by atoms with E-state index >= 15 is 0 Å². The number of nitrogens with zero attached hydrogens (tertiary/aromatic N) is 1. The van der Waals surface area contributed by atoms with Crippen LogP contribution in [0.3, 0.4) is 0 Å². The molecule has 0 saturated heterocycles. The van der Waals surface area contributed by atoms with E-state index in [0.29, 0.717) is 5.56 Å². The van der Waals surface area contributed by atoms with Crippen LogP contribution in [-0.4, -0.2) is 11.9 Å². The van der Waals surface area contributed by atoms with Gasteiger partial charge in [-0.05, 0) is 36.4 Å². The second-order valence-corrected chi connectivity index (χ2v) is 5.37. The zero-order valence-electron chi connectivity index (χ0n) is 11.4. The molecule has 0 heterocycles. The minimum Gasteiger partial charge on any atom is -0.326 e. The Balaban J connectivity index is 2.00. The lowest BCUT2D eigenvalue weighted by Crippen LogP contribution is -2.17. The van der Waals surface area contributed by atoms with E-state index in [1.807, 2.05) is 37.4 Å². The lowest BCUT2D eigenvalue weighted by Gasteiger charge is -2.17. The Bertz CT molecular complexity index is 569. The summed E-state index contributed by atoms with van der Waals surface area (Å²) >= 11 is 5.87. The fourth-order valence-electron chi connectivity index (χ4n) is 2.15. The summed E-state index contributed by atoms with van der Waals surface area (Å²) in [7, 11) is 2.03. The fraction of sp³-hybridized carbons (Fsp3) is 0.250. The highest BCUT2D eigenvalue weighted by atomic mass is 35.5. The first-order chi connectivity index (χ1) is 9.58. The van der Waals surface area contributed by atoms with Crippen molar-refractivity contribution < 1.29 is 4.39 Å². The van der Waals surface area contributed by atoms with Gasteiger partial charge in [-0.25, -0.2) is 4.39 Å². The third kappa shape index (κ3) is 4.04.